The smallest absolute Gasteiger partial charge is 0.177 e. The highest BCUT2D eigenvalue weighted by Crippen LogP contribution is 2.31. The van der Waals surface area contributed by atoms with Gasteiger partial charge in [0.1, 0.15) is 17.3 Å². The Bertz CT molecular complexity index is 698. The first-order valence-corrected chi connectivity index (χ1v) is 8.21. The summed E-state index contributed by atoms with van der Waals surface area (Å²) in [5, 5.41) is 12.7. The van der Waals surface area contributed by atoms with Crippen LogP contribution in [0, 0.1) is 19.3 Å². The fraction of sp³-hybridized carbons (Fsp3) is 0.688. The molecule has 1 aliphatic heterocycles. The van der Waals surface area contributed by atoms with Crippen LogP contribution in [-0.2, 0) is 18.2 Å². The van der Waals surface area contributed by atoms with E-state index in [4.69, 9.17) is 4.74 Å². The monoisotopic (exact) mass is 318 g/mol. The maximum Gasteiger partial charge on any atom is 0.177 e. The summed E-state index contributed by atoms with van der Waals surface area (Å²) in [6.45, 7) is 10.9. The minimum absolute atomic E-state index is 0.307. The second-order valence-corrected chi connectivity index (χ2v) is 6.72. The Morgan fingerprint density at radius 1 is 1.26 bits per heavy atom. The molecule has 0 radical (unpaired) electrons. The van der Waals surface area contributed by atoms with Gasteiger partial charge in [-0.1, -0.05) is 13.8 Å². The third-order valence-electron chi connectivity index (χ3n) is 4.43. The summed E-state index contributed by atoms with van der Waals surface area (Å²) in [4.78, 5) is 4.41. The number of aromatic nitrogens is 5. The molecule has 3 rings (SSSR count). The third kappa shape index (κ3) is 2.97. The molecule has 0 spiro atoms. The molecule has 23 heavy (non-hydrogen) atoms. The summed E-state index contributed by atoms with van der Waals surface area (Å²) in [5.74, 6) is 2.59. The molecule has 1 N–H and O–H groups in total. The molecule has 0 amide bonds. The van der Waals surface area contributed by atoms with E-state index in [1.54, 1.807) is 0 Å². The number of nitrogens with one attached hydrogen (secondary N) is 1. The number of hydrogen-bond acceptors (Lipinski definition) is 5. The summed E-state index contributed by atoms with van der Waals surface area (Å²) in [5.41, 5.74) is 2.43. The molecule has 126 valence electrons. The molecule has 2 aromatic heterocycles. The van der Waals surface area contributed by atoms with Crippen LogP contribution in [-0.4, -0.2) is 44.3 Å². The lowest BCUT2D eigenvalue weighted by molar-refractivity contribution is -0.103. The van der Waals surface area contributed by atoms with Crippen LogP contribution in [0.5, 0.6) is 0 Å². The van der Waals surface area contributed by atoms with Gasteiger partial charge in [0.15, 0.2) is 5.82 Å². The minimum Gasteiger partial charge on any atom is -0.380 e. The Balaban J connectivity index is 1.87. The average molecular weight is 318 g/mol. The molecule has 7 nitrogen and oxygen atoms in total. The Morgan fingerprint density at radius 2 is 2.00 bits per heavy atom. The summed E-state index contributed by atoms with van der Waals surface area (Å²) >= 11 is 0. The van der Waals surface area contributed by atoms with Crippen molar-refractivity contribution >= 4 is 5.69 Å². The van der Waals surface area contributed by atoms with Gasteiger partial charge in [0.25, 0.3) is 0 Å². The molecule has 0 aromatic carbocycles. The maximum absolute atomic E-state index is 5.33. The summed E-state index contributed by atoms with van der Waals surface area (Å²) in [6.07, 6.45) is 1.96. The Morgan fingerprint density at radius 3 is 2.52 bits per heavy atom. The summed E-state index contributed by atoms with van der Waals surface area (Å²) in [6, 6.07) is 0. The first-order valence-electron chi connectivity index (χ1n) is 8.21. The molecule has 0 saturated carbocycles. The second-order valence-electron chi connectivity index (χ2n) is 6.72. The number of anilines is 1. The van der Waals surface area contributed by atoms with E-state index in [9.17, 15) is 0 Å². The van der Waals surface area contributed by atoms with Crippen molar-refractivity contribution in [2.75, 3.05) is 25.1 Å². The molecule has 1 fully saturated rings. The Labute approximate surface area is 137 Å². The predicted molar refractivity (Wildman–Crippen MR) is 89.0 cm³/mol. The second kappa shape index (κ2) is 5.96. The number of ether oxygens (including phenoxy) is 1. The highest BCUT2D eigenvalue weighted by Gasteiger charge is 2.32. The maximum atomic E-state index is 5.33. The first-order chi connectivity index (χ1) is 10.9. The van der Waals surface area contributed by atoms with Crippen molar-refractivity contribution in [3.63, 3.8) is 0 Å². The fourth-order valence-corrected chi connectivity index (χ4v) is 3.05. The van der Waals surface area contributed by atoms with Gasteiger partial charge in [0, 0.05) is 19.0 Å². The van der Waals surface area contributed by atoms with Crippen LogP contribution >= 0.6 is 0 Å². The van der Waals surface area contributed by atoms with E-state index in [-0.39, 0.29) is 0 Å². The van der Waals surface area contributed by atoms with Gasteiger partial charge < -0.3 is 10.1 Å². The van der Waals surface area contributed by atoms with Gasteiger partial charge in [-0.05, 0) is 26.7 Å². The van der Waals surface area contributed by atoms with Crippen LogP contribution in [0.4, 0.5) is 5.69 Å². The molecule has 0 atom stereocenters. The Kier molecular flexibility index (Phi) is 4.14. The van der Waals surface area contributed by atoms with Crippen LogP contribution in [0.2, 0.25) is 0 Å². The summed E-state index contributed by atoms with van der Waals surface area (Å²) in [7, 11) is 1.96. The first kappa shape index (κ1) is 16.0. The molecule has 0 aliphatic carbocycles. The van der Waals surface area contributed by atoms with E-state index >= 15 is 0 Å². The van der Waals surface area contributed by atoms with Crippen LogP contribution in [0.15, 0.2) is 0 Å². The van der Waals surface area contributed by atoms with Gasteiger partial charge in [-0.3, -0.25) is 0 Å². The quantitative estimate of drug-likeness (QED) is 0.882. The van der Waals surface area contributed by atoms with Crippen molar-refractivity contribution in [3.8, 4) is 5.82 Å². The van der Waals surface area contributed by atoms with E-state index in [1.165, 1.54) is 0 Å². The van der Waals surface area contributed by atoms with Gasteiger partial charge in [0.2, 0.25) is 0 Å². The molecule has 3 heterocycles. The predicted octanol–water partition coefficient (Wildman–Crippen LogP) is 2.02. The van der Waals surface area contributed by atoms with Gasteiger partial charge in [0.05, 0.1) is 18.9 Å². The highest BCUT2D eigenvalue weighted by molar-refractivity contribution is 5.61. The SMILES string of the molecule is CCc1nn(C)c(-n2nc(C)nc2C)c1NCCC1(C)COC1. The third-order valence-corrected chi connectivity index (χ3v) is 4.43. The zero-order valence-electron chi connectivity index (χ0n) is 14.7. The average Bonchev–Trinajstić information content (AvgIpc) is 2.96. The van der Waals surface area contributed by atoms with Crippen LogP contribution in [0.3, 0.4) is 0 Å². The molecule has 0 bridgehead atoms. The van der Waals surface area contributed by atoms with E-state index in [0.29, 0.717) is 5.41 Å². The van der Waals surface area contributed by atoms with Gasteiger partial charge >= 0.3 is 0 Å². The van der Waals surface area contributed by atoms with Gasteiger partial charge in [-0.25, -0.2) is 9.67 Å². The topological polar surface area (TPSA) is 69.8 Å². The number of rotatable bonds is 6. The van der Waals surface area contributed by atoms with Crippen LogP contribution in [0.25, 0.3) is 5.82 Å². The number of nitrogens with zero attached hydrogens (tertiary/aromatic N) is 5. The zero-order chi connectivity index (χ0) is 16.6. The molecule has 2 aromatic rings. The van der Waals surface area contributed by atoms with E-state index in [1.807, 2.05) is 30.3 Å². The summed E-state index contributed by atoms with van der Waals surface area (Å²) < 4.78 is 9.09. The van der Waals surface area contributed by atoms with Crippen molar-refractivity contribution in [1.29, 1.82) is 0 Å². The highest BCUT2D eigenvalue weighted by atomic mass is 16.5. The van der Waals surface area contributed by atoms with Crippen molar-refractivity contribution in [1.82, 2.24) is 24.5 Å². The molecule has 7 heteroatoms. The molecular weight excluding hydrogens is 292 g/mol. The van der Waals surface area contributed by atoms with Gasteiger partial charge in [-0.15, -0.1) is 5.10 Å². The van der Waals surface area contributed by atoms with Crippen molar-refractivity contribution in [2.24, 2.45) is 12.5 Å². The van der Waals surface area contributed by atoms with Crippen molar-refractivity contribution < 1.29 is 4.74 Å². The Hall–Kier alpha value is -1.89. The van der Waals surface area contributed by atoms with Gasteiger partial charge in [-0.2, -0.15) is 9.78 Å². The fourth-order valence-electron chi connectivity index (χ4n) is 3.05. The van der Waals surface area contributed by atoms with E-state index in [2.05, 4.69) is 34.3 Å². The minimum atomic E-state index is 0.307. The van der Waals surface area contributed by atoms with E-state index in [0.717, 1.165) is 61.4 Å². The normalized spacial score (nSPS) is 16.4. The molecule has 0 unspecified atom stereocenters. The molecular formula is C16H26N6O. The van der Waals surface area contributed by atoms with Crippen molar-refractivity contribution in [2.45, 2.75) is 40.5 Å². The lowest BCUT2D eigenvalue weighted by Gasteiger charge is -2.38. The molecule has 1 saturated heterocycles. The zero-order valence-corrected chi connectivity index (χ0v) is 14.7. The number of aryl methyl sites for hydroxylation is 4. The lowest BCUT2D eigenvalue weighted by atomic mass is 9.85. The standard InChI is InChI=1S/C16H26N6O/c1-6-13-14(17-8-7-16(4)9-23-10-16)15(21(5)20-13)22-12(3)18-11(2)19-22/h17H,6-10H2,1-5H3. The lowest BCUT2D eigenvalue weighted by Crippen LogP contribution is -2.41. The van der Waals surface area contributed by atoms with Crippen LogP contribution < -0.4 is 5.32 Å². The number of hydrogen-bond donors (Lipinski definition) is 1. The largest absolute Gasteiger partial charge is 0.380 e. The van der Waals surface area contributed by atoms with E-state index < -0.39 is 0 Å². The van der Waals surface area contributed by atoms with Crippen LogP contribution in [0.1, 0.15) is 37.6 Å². The molecule has 1 aliphatic rings. The van der Waals surface area contributed by atoms with Crippen molar-refractivity contribution in [3.05, 3.63) is 17.3 Å².